The van der Waals surface area contributed by atoms with E-state index in [1.807, 2.05) is 30.3 Å². The Kier molecular flexibility index (Phi) is 8.02. The van der Waals surface area contributed by atoms with Gasteiger partial charge in [-0.1, -0.05) is 57.9 Å². The normalized spacial score (nSPS) is 12.7. The van der Waals surface area contributed by atoms with Crippen molar-refractivity contribution in [2.45, 2.75) is 31.8 Å². The number of amides is 2. The Hall–Kier alpha value is -2.38. The summed E-state index contributed by atoms with van der Waals surface area (Å²) in [5.41, 5.74) is 1.50. The molecule has 8 heteroatoms. The maximum absolute atomic E-state index is 12.7. The molecular formula is C20H20BrClN2O4. The summed E-state index contributed by atoms with van der Waals surface area (Å²) >= 11 is 9.34. The van der Waals surface area contributed by atoms with Gasteiger partial charge in [0.15, 0.2) is 0 Å². The Bertz CT molecular complexity index is 861. The van der Waals surface area contributed by atoms with Crippen molar-refractivity contribution >= 4 is 45.3 Å². The zero-order valence-corrected chi connectivity index (χ0v) is 17.5. The Morgan fingerprint density at radius 2 is 1.71 bits per heavy atom. The van der Waals surface area contributed by atoms with Gasteiger partial charge in [0, 0.05) is 29.3 Å². The molecule has 0 fully saturated rings. The predicted molar refractivity (Wildman–Crippen MR) is 110 cm³/mol. The van der Waals surface area contributed by atoms with Gasteiger partial charge in [-0.25, -0.2) is 4.79 Å². The van der Waals surface area contributed by atoms with Crippen LogP contribution in [0.3, 0.4) is 0 Å². The number of hydrogen-bond donors (Lipinski definition) is 3. The van der Waals surface area contributed by atoms with E-state index >= 15 is 0 Å². The molecule has 0 aliphatic carbocycles. The number of carboxylic acids is 1. The molecule has 2 amide bonds. The number of carbonyl (C=O) groups is 3. The average Bonchev–Trinajstić information content (AvgIpc) is 2.63. The fraction of sp³-hybridized carbons (Fsp3) is 0.250. The van der Waals surface area contributed by atoms with Crippen LogP contribution in [0.2, 0.25) is 5.02 Å². The third-order valence-electron chi connectivity index (χ3n) is 4.02. The highest BCUT2D eigenvalue weighted by Gasteiger charge is 2.27. The van der Waals surface area contributed by atoms with Crippen LogP contribution in [0.5, 0.6) is 0 Å². The molecule has 0 heterocycles. The van der Waals surface area contributed by atoms with Gasteiger partial charge >= 0.3 is 5.97 Å². The van der Waals surface area contributed by atoms with E-state index in [1.54, 1.807) is 18.2 Å². The topological polar surface area (TPSA) is 95.5 Å². The zero-order valence-electron chi connectivity index (χ0n) is 15.1. The van der Waals surface area contributed by atoms with Crippen molar-refractivity contribution in [1.29, 1.82) is 0 Å². The number of rotatable bonds is 8. The van der Waals surface area contributed by atoms with Crippen LogP contribution in [0.4, 0.5) is 0 Å². The third-order valence-corrected chi connectivity index (χ3v) is 5.03. The molecule has 6 nitrogen and oxygen atoms in total. The molecule has 0 saturated carbocycles. The van der Waals surface area contributed by atoms with Crippen LogP contribution in [0.1, 0.15) is 18.1 Å². The van der Waals surface area contributed by atoms with Gasteiger partial charge in [0.1, 0.15) is 12.1 Å². The fourth-order valence-electron chi connectivity index (χ4n) is 2.70. The first kappa shape index (κ1) is 21.9. The monoisotopic (exact) mass is 466 g/mol. The van der Waals surface area contributed by atoms with E-state index < -0.39 is 24.0 Å². The standard InChI is InChI=1S/C20H20BrClN2O4/c1-12(25)23-17(9-13-5-3-2-4-6-13)19(26)24-18(20(27)28)11-14-10-15(22)7-8-16(14)21/h2-8,10,17-18H,9,11H2,1H3,(H,23,25)(H,24,26)(H,27,28)/t17-,18+/m1/s1. The van der Waals surface area contributed by atoms with Crippen molar-refractivity contribution in [3.63, 3.8) is 0 Å². The van der Waals surface area contributed by atoms with E-state index in [0.717, 1.165) is 5.56 Å². The second-order valence-electron chi connectivity index (χ2n) is 6.28. The quantitative estimate of drug-likeness (QED) is 0.556. The molecule has 2 atom stereocenters. The largest absolute Gasteiger partial charge is 0.480 e. The van der Waals surface area contributed by atoms with E-state index in [4.69, 9.17) is 11.6 Å². The Morgan fingerprint density at radius 1 is 1.04 bits per heavy atom. The molecule has 0 radical (unpaired) electrons. The molecule has 0 aliphatic rings. The molecule has 0 bridgehead atoms. The van der Waals surface area contributed by atoms with Crippen molar-refractivity contribution < 1.29 is 19.5 Å². The molecule has 2 rings (SSSR count). The summed E-state index contributed by atoms with van der Waals surface area (Å²) < 4.78 is 0.695. The highest BCUT2D eigenvalue weighted by atomic mass is 79.9. The number of carbonyl (C=O) groups excluding carboxylic acids is 2. The van der Waals surface area contributed by atoms with Crippen molar-refractivity contribution in [3.8, 4) is 0 Å². The minimum absolute atomic E-state index is 0.0420. The summed E-state index contributed by atoms with van der Waals surface area (Å²) in [4.78, 5) is 35.9. The summed E-state index contributed by atoms with van der Waals surface area (Å²) in [6.07, 6.45) is 0.291. The van der Waals surface area contributed by atoms with E-state index in [2.05, 4.69) is 26.6 Å². The van der Waals surface area contributed by atoms with Crippen molar-refractivity contribution in [2.24, 2.45) is 0 Å². The lowest BCUT2D eigenvalue weighted by Crippen LogP contribution is -2.52. The molecule has 2 aromatic rings. The van der Waals surface area contributed by atoms with Crippen LogP contribution in [-0.2, 0) is 27.2 Å². The number of aliphatic carboxylic acids is 1. The number of carboxylic acid groups (broad SMARTS) is 1. The third kappa shape index (κ3) is 6.65. The summed E-state index contributed by atoms with van der Waals surface area (Å²) in [6.45, 7) is 1.31. The first-order valence-electron chi connectivity index (χ1n) is 8.54. The number of nitrogens with one attached hydrogen (secondary N) is 2. The first-order chi connectivity index (χ1) is 13.3. The second kappa shape index (κ2) is 10.2. The lowest BCUT2D eigenvalue weighted by Gasteiger charge is -2.21. The number of halogens is 2. The van der Waals surface area contributed by atoms with Gasteiger partial charge < -0.3 is 15.7 Å². The highest BCUT2D eigenvalue weighted by molar-refractivity contribution is 9.10. The summed E-state index contributed by atoms with van der Waals surface area (Å²) in [7, 11) is 0. The van der Waals surface area contributed by atoms with Gasteiger partial charge in [-0.05, 0) is 29.3 Å². The Labute approximate surface area is 176 Å². The molecule has 0 saturated heterocycles. The predicted octanol–water partition coefficient (Wildman–Crippen LogP) is 2.96. The van der Waals surface area contributed by atoms with Crippen LogP contribution in [0.15, 0.2) is 53.0 Å². The van der Waals surface area contributed by atoms with Gasteiger partial charge in [-0.2, -0.15) is 0 Å². The molecular weight excluding hydrogens is 448 g/mol. The molecule has 148 valence electrons. The molecule has 2 aromatic carbocycles. The summed E-state index contributed by atoms with van der Waals surface area (Å²) in [5.74, 6) is -2.12. The molecule has 28 heavy (non-hydrogen) atoms. The fourth-order valence-corrected chi connectivity index (χ4v) is 3.30. The van der Waals surface area contributed by atoms with Gasteiger partial charge in [0.05, 0.1) is 0 Å². The number of hydrogen-bond acceptors (Lipinski definition) is 3. The average molecular weight is 468 g/mol. The SMILES string of the molecule is CC(=O)N[C@H](Cc1ccccc1)C(=O)N[C@@H](Cc1cc(Cl)ccc1Br)C(=O)O. The smallest absolute Gasteiger partial charge is 0.326 e. The summed E-state index contributed by atoms with van der Waals surface area (Å²) in [5, 5.41) is 15.1. The van der Waals surface area contributed by atoms with E-state index in [0.29, 0.717) is 15.1 Å². The van der Waals surface area contributed by atoms with E-state index in [-0.39, 0.29) is 18.7 Å². The van der Waals surface area contributed by atoms with Gasteiger partial charge in [-0.3, -0.25) is 9.59 Å². The van der Waals surface area contributed by atoms with Crippen LogP contribution in [0.25, 0.3) is 0 Å². The Balaban J connectivity index is 2.16. The van der Waals surface area contributed by atoms with Gasteiger partial charge in [0.25, 0.3) is 0 Å². The van der Waals surface area contributed by atoms with E-state index in [1.165, 1.54) is 6.92 Å². The summed E-state index contributed by atoms with van der Waals surface area (Å²) in [6, 6.07) is 12.1. The van der Waals surface area contributed by atoms with Crippen LogP contribution in [-0.4, -0.2) is 35.0 Å². The first-order valence-corrected chi connectivity index (χ1v) is 9.71. The zero-order chi connectivity index (χ0) is 20.7. The molecule has 3 N–H and O–H groups in total. The Morgan fingerprint density at radius 3 is 2.32 bits per heavy atom. The molecule has 0 aliphatic heterocycles. The lowest BCUT2D eigenvalue weighted by molar-refractivity contribution is -0.142. The van der Waals surface area contributed by atoms with Crippen LogP contribution >= 0.6 is 27.5 Å². The van der Waals surface area contributed by atoms with Crippen LogP contribution < -0.4 is 10.6 Å². The van der Waals surface area contributed by atoms with E-state index in [9.17, 15) is 19.5 Å². The van der Waals surface area contributed by atoms with Crippen molar-refractivity contribution in [1.82, 2.24) is 10.6 Å². The van der Waals surface area contributed by atoms with Crippen molar-refractivity contribution in [3.05, 3.63) is 69.2 Å². The highest BCUT2D eigenvalue weighted by Crippen LogP contribution is 2.22. The van der Waals surface area contributed by atoms with Gasteiger partial charge in [0.2, 0.25) is 11.8 Å². The maximum Gasteiger partial charge on any atom is 0.326 e. The molecule has 0 unspecified atom stereocenters. The number of benzene rings is 2. The lowest BCUT2D eigenvalue weighted by atomic mass is 10.0. The maximum atomic E-state index is 12.7. The van der Waals surface area contributed by atoms with Gasteiger partial charge in [-0.15, -0.1) is 0 Å². The van der Waals surface area contributed by atoms with Crippen LogP contribution in [0, 0.1) is 0 Å². The minimum Gasteiger partial charge on any atom is -0.480 e. The molecule has 0 aromatic heterocycles. The minimum atomic E-state index is -1.18. The van der Waals surface area contributed by atoms with Crippen molar-refractivity contribution in [2.75, 3.05) is 0 Å². The molecule has 0 spiro atoms. The second-order valence-corrected chi connectivity index (χ2v) is 7.57.